The molecule has 1 heterocycles. The van der Waals surface area contributed by atoms with E-state index in [1.54, 1.807) is 19.2 Å². The number of rotatable bonds is 3. The lowest BCUT2D eigenvalue weighted by atomic mass is 10.1. The first-order valence-corrected chi connectivity index (χ1v) is 6.57. The van der Waals surface area contributed by atoms with E-state index >= 15 is 0 Å². The van der Waals surface area contributed by atoms with Crippen LogP contribution in [-0.2, 0) is 0 Å². The maximum absolute atomic E-state index is 12.4. The van der Waals surface area contributed by atoms with Crippen LogP contribution in [0.4, 0.5) is 5.69 Å². The fraction of sp³-hybridized carbons (Fsp3) is 0.250. The highest BCUT2D eigenvalue weighted by Crippen LogP contribution is 2.20. The number of nitrogens with zero attached hydrogens (tertiary/aromatic N) is 2. The van der Waals surface area contributed by atoms with E-state index in [0.29, 0.717) is 11.3 Å². The predicted molar refractivity (Wildman–Crippen MR) is 82.8 cm³/mol. The molecule has 0 radical (unpaired) electrons. The Morgan fingerprint density at radius 3 is 2.38 bits per heavy atom. The van der Waals surface area contributed by atoms with Gasteiger partial charge in [0.2, 0.25) is 0 Å². The topological polar surface area (TPSA) is 62.5 Å². The van der Waals surface area contributed by atoms with Gasteiger partial charge in [0.25, 0.3) is 5.56 Å². The number of aryl methyl sites for hydroxylation is 2. The van der Waals surface area contributed by atoms with Crippen molar-refractivity contribution in [2.45, 2.75) is 13.8 Å². The monoisotopic (exact) mass is 286 g/mol. The minimum absolute atomic E-state index is 0.188. The molecule has 0 aliphatic rings. The van der Waals surface area contributed by atoms with Crippen molar-refractivity contribution in [1.29, 1.82) is 0 Å². The molecular formula is C16H18N2O3. The standard InChI is InChI=1S/C16H18N2O3/c1-10-5-6-12(17(3)4)9-13(10)18-8-7-11(2)14(15(18)19)16(20)21/h5-9H,1-4H3,(H,20,21). The molecule has 0 atom stereocenters. The third kappa shape index (κ3) is 2.67. The zero-order chi connectivity index (χ0) is 15.7. The number of hydrogen-bond acceptors (Lipinski definition) is 3. The number of aromatic nitrogens is 1. The molecule has 2 rings (SSSR count). The lowest BCUT2D eigenvalue weighted by Crippen LogP contribution is -2.26. The third-order valence-corrected chi connectivity index (χ3v) is 3.48. The molecule has 5 nitrogen and oxygen atoms in total. The van der Waals surface area contributed by atoms with Crippen LogP contribution in [0.25, 0.3) is 5.69 Å². The Kier molecular flexibility index (Phi) is 3.84. The van der Waals surface area contributed by atoms with Crippen molar-refractivity contribution < 1.29 is 9.90 Å². The number of pyridine rings is 1. The maximum Gasteiger partial charge on any atom is 0.341 e. The highest BCUT2D eigenvalue weighted by atomic mass is 16.4. The molecule has 1 aromatic carbocycles. The first kappa shape index (κ1) is 14.8. The smallest absolute Gasteiger partial charge is 0.341 e. The highest BCUT2D eigenvalue weighted by molar-refractivity contribution is 5.88. The molecule has 2 aromatic rings. The number of carbonyl (C=O) groups is 1. The fourth-order valence-corrected chi connectivity index (χ4v) is 2.21. The summed E-state index contributed by atoms with van der Waals surface area (Å²) < 4.78 is 1.39. The number of anilines is 1. The molecule has 5 heteroatoms. The number of aromatic carboxylic acids is 1. The summed E-state index contributed by atoms with van der Waals surface area (Å²) in [5, 5.41) is 9.21. The molecule has 110 valence electrons. The molecule has 1 aromatic heterocycles. The van der Waals surface area contributed by atoms with E-state index in [4.69, 9.17) is 0 Å². The first-order valence-electron chi connectivity index (χ1n) is 6.57. The predicted octanol–water partition coefficient (Wildman–Crippen LogP) is 2.22. The number of benzene rings is 1. The average molecular weight is 286 g/mol. The van der Waals surface area contributed by atoms with E-state index in [-0.39, 0.29) is 5.56 Å². The number of hydrogen-bond donors (Lipinski definition) is 1. The molecule has 0 saturated carbocycles. The first-order chi connectivity index (χ1) is 9.82. The molecule has 0 bridgehead atoms. The van der Waals surface area contributed by atoms with Gasteiger partial charge in [-0.25, -0.2) is 4.79 Å². The Morgan fingerprint density at radius 2 is 1.81 bits per heavy atom. The quantitative estimate of drug-likeness (QED) is 0.939. The van der Waals surface area contributed by atoms with Gasteiger partial charge >= 0.3 is 5.97 Å². The van der Waals surface area contributed by atoms with E-state index in [9.17, 15) is 14.7 Å². The van der Waals surface area contributed by atoms with Gasteiger partial charge in [-0.1, -0.05) is 6.07 Å². The fourth-order valence-electron chi connectivity index (χ4n) is 2.21. The Bertz CT molecular complexity index is 761. The normalized spacial score (nSPS) is 10.5. The van der Waals surface area contributed by atoms with Crippen LogP contribution in [0.3, 0.4) is 0 Å². The van der Waals surface area contributed by atoms with Crippen LogP contribution in [0, 0.1) is 13.8 Å². The van der Waals surface area contributed by atoms with Crippen molar-refractivity contribution in [3.8, 4) is 5.69 Å². The van der Waals surface area contributed by atoms with Crippen molar-refractivity contribution in [1.82, 2.24) is 4.57 Å². The van der Waals surface area contributed by atoms with E-state index in [0.717, 1.165) is 11.3 Å². The summed E-state index contributed by atoms with van der Waals surface area (Å²) in [7, 11) is 3.82. The third-order valence-electron chi connectivity index (χ3n) is 3.48. The molecular weight excluding hydrogens is 268 g/mol. The lowest BCUT2D eigenvalue weighted by Gasteiger charge is -2.17. The van der Waals surface area contributed by atoms with Gasteiger partial charge in [-0.15, -0.1) is 0 Å². The van der Waals surface area contributed by atoms with E-state index in [1.807, 2.05) is 44.1 Å². The van der Waals surface area contributed by atoms with Crippen molar-refractivity contribution in [2.24, 2.45) is 0 Å². The van der Waals surface area contributed by atoms with Crippen LogP contribution < -0.4 is 10.5 Å². The second-order valence-electron chi connectivity index (χ2n) is 5.22. The van der Waals surface area contributed by atoms with Gasteiger partial charge in [-0.3, -0.25) is 9.36 Å². The molecule has 21 heavy (non-hydrogen) atoms. The Labute approximate surface area is 123 Å². The summed E-state index contributed by atoms with van der Waals surface area (Å²) in [5.74, 6) is -1.20. The summed E-state index contributed by atoms with van der Waals surface area (Å²) in [4.78, 5) is 25.6. The maximum atomic E-state index is 12.4. The zero-order valence-corrected chi connectivity index (χ0v) is 12.5. The summed E-state index contributed by atoms with van der Waals surface area (Å²) in [5.41, 5.74) is 2.30. The minimum Gasteiger partial charge on any atom is -0.477 e. The summed E-state index contributed by atoms with van der Waals surface area (Å²) >= 11 is 0. The Morgan fingerprint density at radius 1 is 1.14 bits per heavy atom. The van der Waals surface area contributed by atoms with Gasteiger partial charge in [0.05, 0.1) is 5.69 Å². The van der Waals surface area contributed by atoms with Crippen LogP contribution in [-0.4, -0.2) is 29.7 Å². The van der Waals surface area contributed by atoms with Crippen molar-refractivity contribution in [3.05, 3.63) is 57.5 Å². The Hall–Kier alpha value is -2.56. The van der Waals surface area contributed by atoms with Gasteiger partial charge in [0, 0.05) is 26.0 Å². The van der Waals surface area contributed by atoms with Crippen LogP contribution in [0.15, 0.2) is 35.3 Å². The molecule has 0 unspecified atom stereocenters. The second-order valence-corrected chi connectivity index (χ2v) is 5.22. The van der Waals surface area contributed by atoms with Gasteiger partial charge < -0.3 is 10.0 Å². The number of carboxylic acids is 1. The molecule has 0 amide bonds. The summed E-state index contributed by atoms with van der Waals surface area (Å²) in [6.07, 6.45) is 1.62. The van der Waals surface area contributed by atoms with Gasteiger partial charge in [0.1, 0.15) is 5.56 Å². The molecule has 0 aliphatic heterocycles. The molecule has 0 aliphatic carbocycles. The van der Waals surface area contributed by atoms with Gasteiger partial charge in [-0.05, 0) is 43.2 Å². The average Bonchev–Trinajstić information content (AvgIpc) is 2.39. The van der Waals surface area contributed by atoms with Crippen molar-refractivity contribution >= 4 is 11.7 Å². The molecule has 1 N–H and O–H groups in total. The van der Waals surface area contributed by atoms with Gasteiger partial charge in [-0.2, -0.15) is 0 Å². The molecule has 0 spiro atoms. The Balaban J connectivity index is 2.74. The summed E-state index contributed by atoms with van der Waals surface area (Å²) in [6.45, 7) is 3.51. The van der Waals surface area contributed by atoms with E-state index in [2.05, 4.69) is 0 Å². The van der Waals surface area contributed by atoms with Gasteiger partial charge in [0.15, 0.2) is 0 Å². The number of carboxylic acid groups (broad SMARTS) is 1. The zero-order valence-electron chi connectivity index (χ0n) is 12.5. The van der Waals surface area contributed by atoms with E-state index < -0.39 is 11.5 Å². The van der Waals surface area contributed by atoms with Crippen LogP contribution in [0.1, 0.15) is 21.5 Å². The second kappa shape index (κ2) is 5.44. The SMILES string of the molecule is Cc1ccc(N(C)C)cc1-n1ccc(C)c(C(=O)O)c1=O. The lowest BCUT2D eigenvalue weighted by molar-refractivity contribution is 0.0693. The van der Waals surface area contributed by atoms with E-state index in [1.165, 1.54) is 4.57 Å². The molecule has 0 saturated heterocycles. The van der Waals surface area contributed by atoms with Crippen LogP contribution >= 0.6 is 0 Å². The van der Waals surface area contributed by atoms with Crippen molar-refractivity contribution in [2.75, 3.05) is 19.0 Å². The molecule has 0 fully saturated rings. The largest absolute Gasteiger partial charge is 0.477 e. The van der Waals surface area contributed by atoms with Crippen molar-refractivity contribution in [3.63, 3.8) is 0 Å². The highest BCUT2D eigenvalue weighted by Gasteiger charge is 2.16. The van der Waals surface area contributed by atoms with Crippen LogP contribution in [0.5, 0.6) is 0 Å². The van der Waals surface area contributed by atoms with Crippen LogP contribution in [0.2, 0.25) is 0 Å². The summed E-state index contributed by atoms with van der Waals surface area (Å²) in [6, 6.07) is 7.39. The minimum atomic E-state index is -1.20.